The Balaban J connectivity index is 1.88. The van der Waals surface area contributed by atoms with Crippen LogP contribution in [0.5, 0.6) is 0 Å². The fraction of sp³-hybridized carbons (Fsp3) is 0.167. The number of amides is 1. The van der Waals surface area contributed by atoms with Gasteiger partial charge in [-0.1, -0.05) is 24.3 Å². The van der Waals surface area contributed by atoms with E-state index in [0.717, 1.165) is 11.1 Å². The second-order valence-corrected chi connectivity index (χ2v) is 4.75. The molecule has 0 unspecified atom stereocenters. The number of nitrogens with zero attached hydrogens (tertiary/aromatic N) is 1. The number of pyridine rings is 1. The van der Waals surface area contributed by atoms with Crippen LogP contribution in [-0.2, 0) is 16.1 Å². The number of esters is 1. The molecule has 0 saturated carbocycles. The summed E-state index contributed by atoms with van der Waals surface area (Å²) in [6.45, 7) is 2.55. The summed E-state index contributed by atoms with van der Waals surface area (Å²) in [6.07, 6.45) is 6.23. The van der Waals surface area contributed by atoms with Crippen molar-refractivity contribution in [1.29, 1.82) is 0 Å². The number of benzene rings is 1. The monoisotopic (exact) mass is 310 g/mol. The van der Waals surface area contributed by atoms with Crippen LogP contribution in [0, 0.1) is 0 Å². The predicted octanol–water partition coefficient (Wildman–Crippen LogP) is 2.59. The molecule has 2 rings (SSSR count). The second-order valence-electron chi connectivity index (χ2n) is 4.75. The van der Waals surface area contributed by atoms with E-state index in [2.05, 4.69) is 10.3 Å². The maximum absolute atomic E-state index is 11.9. The van der Waals surface area contributed by atoms with Crippen molar-refractivity contribution >= 4 is 18.0 Å². The molecule has 5 nitrogen and oxygen atoms in total. The van der Waals surface area contributed by atoms with E-state index in [1.165, 1.54) is 12.3 Å². The number of ether oxygens (including phenoxy) is 1. The van der Waals surface area contributed by atoms with Crippen molar-refractivity contribution in [2.45, 2.75) is 13.5 Å². The third-order valence-corrected chi connectivity index (χ3v) is 3.05. The van der Waals surface area contributed by atoms with E-state index >= 15 is 0 Å². The first-order valence-electron chi connectivity index (χ1n) is 7.31. The van der Waals surface area contributed by atoms with E-state index in [0.29, 0.717) is 18.7 Å². The van der Waals surface area contributed by atoms with Crippen molar-refractivity contribution in [2.75, 3.05) is 6.61 Å². The van der Waals surface area contributed by atoms with E-state index in [1.54, 1.807) is 31.3 Å². The van der Waals surface area contributed by atoms with Gasteiger partial charge in [0.15, 0.2) is 0 Å². The Hall–Kier alpha value is -2.95. The molecule has 0 atom stereocenters. The van der Waals surface area contributed by atoms with Crippen LogP contribution in [0.2, 0.25) is 0 Å². The highest BCUT2D eigenvalue weighted by Gasteiger charge is 2.04. The minimum Gasteiger partial charge on any atom is -0.463 e. The topological polar surface area (TPSA) is 68.3 Å². The normalized spacial score (nSPS) is 10.5. The van der Waals surface area contributed by atoms with Crippen LogP contribution in [0.15, 0.2) is 54.9 Å². The third kappa shape index (κ3) is 5.39. The molecule has 0 saturated heterocycles. The summed E-state index contributed by atoms with van der Waals surface area (Å²) < 4.78 is 4.82. The maximum Gasteiger partial charge on any atom is 0.330 e. The second kappa shape index (κ2) is 8.48. The molecular weight excluding hydrogens is 292 g/mol. The van der Waals surface area contributed by atoms with Gasteiger partial charge in [0.1, 0.15) is 0 Å². The number of aromatic nitrogens is 1. The molecule has 0 radical (unpaired) electrons. The molecule has 1 aromatic heterocycles. The smallest absolute Gasteiger partial charge is 0.330 e. The fourth-order valence-corrected chi connectivity index (χ4v) is 1.88. The van der Waals surface area contributed by atoms with Crippen LogP contribution in [-0.4, -0.2) is 23.5 Å². The van der Waals surface area contributed by atoms with Crippen molar-refractivity contribution in [3.8, 4) is 0 Å². The Morgan fingerprint density at radius 2 is 2.00 bits per heavy atom. The molecule has 1 heterocycles. The van der Waals surface area contributed by atoms with Gasteiger partial charge >= 0.3 is 5.97 Å². The van der Waals surface area contributed by atoms with Crippen molar-refractivity contribution < 1.29 is 14.3 Å². The lowest BCUT2D eigenvalue weighted by Gasteiger charge is -2.05. The lowest BCUT2D eigenvalue weighted by Crippen LogP contribution is -2.22. The Labute approximate surface area is 135 Å². The summed E-state index contributed by atoms with van der Waals surface area (Å²) in [5.74, 6) is -0.523. The van der Waals surface area contributed by atoms with E-state index in [4.69, 9.17) is 4.74 Å². The third-order valence-electron chi connectivity index (χ3n) is 3.05. The number of hydrogen-bond acceptors (Lipinski definition) is 4. The van der Waals surface area contributed by atoms with Crippen LogP contribution in [0.25, 0.3) is 6.08 Å². The molecule has 2 aromatic rings. The zero-order valence-corrected chi connectivity index (χ0v) is 12.9. The Morgan fingerprint density at radius 1 is 1.22 bits per heavy atom. The molecule has 0 aliphatic rings. The van der Waals surface area contributed by atoms with Crippen LogP contribution >= 0.6 is 0 Å². The first kappa shape index (κ1) is 16.4. The molecule has 5 heteroatoms. The molecule has 0 aliphatic heterocycles. The molecule has 1 amide bonds. The number of nitrogens with one attached hydrogen (secondary N) is 1. The Bertz CT molecular complexity index is 679. The summed E-state index contributed by atoms with van der Waals surface area (Å²) in [7, 11) is 0. The molecule has 0 aliphatic carbocycles. The molecule has 1 aromatic carbocycles. The first-order valence-corrected chi connectivity index (χ1v) is 7.31. The fourth-order valence-electron chi connectivity index (χ4n) is 1.88. The SMILES string of the molecule is CCOC(=O)C=Cc1ccc(CNC(=O)c2cccnc2)cc1. The highest BCUT2D eigenvalue weighted by atomic mass is 16.5. The zero-order chi connectivity index (χ0) is 16.5. The lowest BCUT2D eigenvalue weighted by atomic mass is 10.1. The summed E-state index contributed by atoms with van der Waals surface area (Å²) in [5.41, 5.74) is 2.39. The van der Waals surface area contributed by atoms with Gasteiger partial charge in [0.25, 0.3) is 5.91 Å². The van der Waals surface area contributed by atoms with Gasteiger partial charge in [-0.15, -0.1) is 0 Å². The predicted molar refractivity (Wildman–Crippen MR) is 87.5 cm³/mol. The minimum atomic E-state index is -0.361. The Morgan fingerprint density at radius 3 is 2.65 bits per heavy atom. The van der Waals surface area contributed by atoms with Gasteiger partial charge in [0, 0.05) is 25.0 Å². The molecule has 23 heavy (non-hydrogen) atoms. The largest absolute Gasteiger partial charge is 0.463 e. The maximum atomic E-state index is 11.9. The quantitative estimate of drug-likeness (QED) is 0.658. The standard InChI is InChI=1S/C18H18N2O3/c1-2-23-17(21)10-9-14-5-7-15(8-6-14)12-20-18(22)16-4-3-11-19-13-16/h3-11,13H,2,12H2,1H3,(H,20,22). The van der Waals surface area contributed by atoms with E-state index in [9.17, 15) is 9.59 Å². The average Bonchev–Trinajstić information content (AvgIpc) is 2.60. The summed E-state index contributed by atoms with van der Waals surface area (Å²) in [6, 6.07) is 11.0. The average molecular weight is 310 g/mol. The number of rotatable bonds is 6. The number of carbonyl (C=O) groups excluding carboxylic acids is 2. The highest BCUT2D eigenvalue weighted by molar-refractivity contribution is 5.93. The number of carbonyl (C=O) groups is 2. The first-order chi connectivity index (χ1) is 11.2. The van der Waals surface area contributed by atoms with Crippen LogP contribution in [0.3, 0.4) is 0 Å². The van der Waals surface area contributed by atoms with Crippen molar-refractivity contribution in [2.24, 2.45) is 0 Å². The van der Waals surface area contributed by atoms with E-state index in [-0.39, 0.29) is 11.9 Å². The molecule has 1 N–H and O–H groups in total. The molecular formula is C18H18N2O3. The Kier molecular flexibility index (Phi) is 6.06. The zero-order valence-electron chi connectivity index (χ0n) is 12.9. The van der Waals surface area contributed by atoms with Crippen molar-refractivity contribution in [3.63, 3.8) is 0 Å². The molecule has 0 bridgehead atoms. The highest BCUT2D eigenvalue weighted by Crippen LogP contribution is 2.07. The summed E-state index contributed by atoms with van der Waals surface area (Å²) in [5, 5.41) is 2.83. The minimum absolute atomic E-state index is 0.163. The number of hydrogen-bond donors (Lipinski definition) is 1. The molecule has 118 valence electrons. The van der Waals surface area contributed by atoms with Gasteiger partial charge in [0.2, 0.25) is 0 Å². The van der Waals surface area contributed by atoms with Gasteiger partial charge in [-0.25, -0.2) is 4.79 Å². The van der Waals surface area contributed by atoms with E-state index in [1.807, 2.05) is 24.3 Å². The van der Waals surface area contributed by atoms with Gasteiger partial charge in [0.05, 0.1) is 12.2 Å². The molecule has 0 fully saturated rings. The van der Waals surface area contributed by atoms with Crippen LogP contribution < -0.4 is 5.32 Å². The molecule has 0 spiro atoms. The van der Waals surface area contributed by atoms with Gasteiger partial charge in [-0.3, -0.25) is 9.78 Å². The van der Waals surface area contributed by atoms with Gasteiger partial charge < -0.3 is 10.1 Å². The van der Waals surface area contributed by atoms with Crippen molar-refractivity contribution in [1.82, 2.24) is 10.3 Å². The van der Waals surface area contributed by atoms with Gasteiger partial charge in [-0.05, 0) is 36.3 Å². The van der Waals surface area contributed by atoms with Crippen molar-refractivity contribution in [3.05, 3.63) is 71.6 Å². The summed E-state index contributed by atoms with van der Waals surface area (Å²) in [4.78, 5) is 27.1. The van der Waals surface area contributed by atoms with Gasteiger partial charge in [-0.2, -0.15) is 0 Å². The van der Waals surface area contributed by atoms with Crippen LogP contribution in [0.1, 0.15) is 28.4 Å². The van der Waals surface area contributed by atoms with Crippen LogP contribution in [0.4, 0.5) is 0 Å². The van der Waals surface area contributed by atoms with E-state index < -0.39 is 0 Å². The lowest BCUT2D eigenvalue weighted by molar-refractivity contribution is -0.137. The summed E-state index contributed by atoms with van der Waals surface area (Å²) >= 11 is 0.